The van der Waals surface area contributed by atoms with Crippen LogP contribution in [0.1, 0.15) is 15.9 Å². The number of nitro groups is 1. The molecule has 0 fully saturated rings. The van der Waals surface area contributed by atoms with Gasteiger partial charge in [-0.2, -0.15) is 0 Å². The van der Waals surface area contributed by atoms with E-state index in [1.807, 2.05) is 0 Å². The highest BCUT2D eigenvalue weighted by molar-refractivity contribution is 5.91. The summed E-state index contributed by atoms with van der Waals surface area (Å²) in [6.45, 7) is 0.349. The molecule has 0 aliphatic heterocycles. The van der Waals surface area contributed by atoms with E-state index in [0.717, 1.165) is 5.56 Å². The molecule has 2 aromatic rings. The molecule has 1 heterocycles. The molecular formula is C13H12N2O5. The number of furan rings is 1. The molecule has 0 bridgehead atoms. The number of esters is 1. The number of carbonyl (C=O) groups excluding carboxylic acids is 1. The highest BCUT2D eigenvalue weighted by Gasteiger charge is 2.17. The molecule has 0 amide bonds. The van der Waals surface area contributed by atoms with E-state index in [1.165, 1.54) is 37.8 Å². The van der Waals surface area contributed by atoms with E-state index in [2.05, 4.69) is 10.1 Å². The monoisotopic (exact) mass is 276 g/mol. The maximum Gasteiger partial charge on any atom is 0.337 e. The molecule has 1 aromatic carbocycles. The Hall–Kier alpha value is -2.83. The van der Waals surface area contributed by atoms with Gasteiger partial charge in [-0.05, 0) is 18.2 Å². The van der Waals surface area contributed by atoms with E-state index < -0.39 is 10.9 Å². The predicted molar refractivity (Wildman–Crippen MR) is 70.5 cm³/mol. The molecule has 0 atom stereocenters. The van der Waals surface area contributed by atoms with E-state index in [4.69, 9.17) is 4.42 Å². The Morgan fingerprint density at radius 2 is 2.25 bits per heavy atom. The van der Waals surface area contributed by atoms with Gasteiger partial charge in [0.25, 0.3) is 5.69 Å². The summed E-state index contributed by atoms with van der Waals surface area (Å²) in [7, 11) is 1.25. The fraction of sp³-hybridized carbons (Fsp3) is 0.154. The number of benzene rings is 1. The van der Waals surface area contributed by atoms with Crippen LogP contribution in [0.5, 0.6) is 0 Å². The molecule has 0 spiro atoms. The van der Waals surface area contributed by atoms with Crippen molar-refractivity contribution >= 4 is 17.3 Å². The third-order valence-corrected chi connectivity index (χ3v) is 2.68. The first-order valence-corrected chi connectivity index (χ1v) is 5.73. The molecule has 0 aliphatic carbocycles. The molecular weight excluding hydrogens is 264 g/mol. The topological polar surface area (TPSA) is 94.6 Å². The van der Waals surface area contributed by atoms with Gasteiger partial charge in [-0.3, -0.25) is 10.1 Å². The van der Waals surface area contributed by atoms with Gasteiger partial charge in [0.2, 0.25) is 0 Å². The lowest BCUT2D eigenvalue weighted by Crippen LogP contribution is -2.06. The third-order valence-electron chi connectivity index (χ3n) is 2.68. The molecule has 0 saturated heterocycles. The van der Waals surface area contributed by atoms with Gasteiger partial charge in [-0.15, -0.1) is 0 Å². The van der Waals surface area contributed by atoms with E-state index in [9.17, 15) is 14.9 Å². The summed E-state index contributed by atoms with van der Waals surface area (Å²) in [5.41, 5.74) is 1.22. The van der Waals surface area contributed by atoms with Crippen LogP contribution >= 0.6 is 0 Å². The summed E-state index contributed by atoms with van der Waals surface area (Å²) < 4.78 is 9.50. The highest BCUT2D eigenvalue weighted by atomic mass is 16.6. The van der Waals surface area contributed by atoms with Gasteiger partial charge in [-0.25, -0.2) is 4.79 Å². The van der Waals surface area contributed by atoms with E-state index in [-0.39, 0.29) is 16.9 Å². The van der Waals surface area contributed by atoms with Crippen molar-refractivity contribution in [1.82, 2.24) is 0 Å². The van der Waals surface area contributed by atoms with Crippen molar-refractivity contribution in [2.75, 3.05) is 12.4 Å². The van der Waals surface area contributed by atoms with Crippen molar-refractivity contribution in [3.8, 4) is 0 Å². The SMILES string of the molecule is COC(=O)c1ccc([N+](=O)[O-])c(NCc2ccoc2)c1. The summed E-state index contributed by atoms with van der Waals surface area (Å²) >= 11 is 0. The second kappa shape index (κ2) is 5.87. The van der Waals surface area contributed by atoms with Crippen molar-refractivity contribution in [1.29, 1.82) is 0 Å². The average Bonchev–Trinajstić information content (AvgIpc) is 2.97. The fourth-order valence-corrected chi connectivity index (χ4v) is 1.67. The largest absolute Gasteiger partial charge is 0.472 e. The van der Waals surface area contributed by atoms with E-state index >= 15 is 0 Å². The van der Waals surface area contributed by atoms with E-state index in [0.29, 0.717) is 6.54 Å². The van der Waals surface area contributed by atoms with Crippen molar-refractivity contribution in [2.45, 2.75) is 6.54 Å². The molecule has 1 N–H and O–H groups in total. The van der Waals surface area contributed by atoms with Gasteiger partial charge in [-0.1, -0.05) is 0 Å². The summed E-state index contributed by atoms with van der Waals surface area (Å²) in [6.07, 6.45) is 3.04. The number of nitrogens with one attached hydrogen (secondary N) is 1. The Kier molecular flexibility index (Phi) is 3.99. The Morgan fingerprint density at radius 3 is 2.85 bits per heavy atom. The van der Waals surface area contributed by atoms with Gasteiger partial charge in [0.05, 0.1) is 30.1 Å². The van der Waals surface area contributed by atoms with Crippen LogP contribution in [0.25, 0.3) is 0 Å². The van der Waals surface area contributed by atoms with Gasteiger partial charge >= 0.3 is 5.97 Å². The maximum atomic E-state index is 11.4. The zero-order valence-electron chi connectivity index (χ0n) is 10.7. The zero-order chi connectivity index (χ0) is 14.5. The van der Waals surface area contributed by atoms with Crippen LogP contribution in [0, 0.1) is 10.1 Å². The number of nitro benzene ring substituents is 1. The van der Waals surface area contributed by atoms with Gasteiger partial charge in [0.1, 0.15) is 5.69 Å². The van der Waals surface area contributed by atoms with Gasteiger partial charge < -0.3 is 14.5 Å². The Balaban J connectivity index is 2.26. The number of hydrogen-bond acceptors (Lipinski definition) is 6. The normalized spacial score (nSPS) is 10.1. The summed E-state index contributed by atoms with van der Waals surface area (Å²) in [5, 5.41) is 13.9. The standard InChI is InChI=1S/C13H12N2O5/c1-19-13(16)10-2-3-12(15(17)18)11(6-10)14-7-9-4-5-20-8-9/h2-6,8,14H,7H2,1H3. The molecule has 7 nitrogen and oxygen atoms in total. The van der Waals surface area contributed by atoms with Crippen LogP contribution in [0.4, 0.5) is 11.4 Å². The average molecular weight is 276 g/mol. The van der Waals surface area contributed by atoms with Crippen molar-refractivity contribution < 1.29 is 18.9 Å². The smallest absolute Gasteiger partial charge is 0.337 e. The molecule has 0 saturated carbocycles. The second-order valence-corrected chi connectivity index (χ2v) is 3.97. The number of ether oxygens (including phenoxy) is 1. The van der Waals surface area contributed by atoms with Crippen LogP contribution in [-0.2, 0) is 11.3 Å². The molecule has 0 unspecified atom stereocenters. The number of nitrogens with zero attached hydrogens (tertiary/aromatic N) is 1. The van der Waals surface area contributed by atoms with Gasteiger partial charge in [0, 0.05) is 18.2 Å². The first-order chi connectivity index (χ1) is 9.61. The number of rotatable bonds is 5. The molecule has 0 aliphatic rings. The lowest BCUT2D eigenvalue weighted by molar-refractivity contribution is -0.384. The number of hydrogen-bond donors (Lipinski definition) is 1. The Labute approximate surface area is 114 Å². The predicted octanol–water partition coefficient (Wildman–Crippen LogP) is 2.59. The zero-order valence-corrected chi connectivity index (χ0v) is 10.7. The van der Waals surface area contributed by atoms with Crippen molar-refractivity contribution in [3.63, 3.8) is 0 Å². The molecule has 1 aromatic heterocycles. The van der Waals surface area contributed by atoms with Crippen LogP contribution in [0.2, 0.25) is 0 Å². The first kappa shape index (κ1) is 13.6. The number of anilines is 1. The molecule has 7 heteroatoms. The quantitative estimate of drug-likeness (QED) is 0.512. The number of carbonyl (C=O) groups is 1. The Bertz CT molecular complexity index is 622. The van der Waals surface area contributed by atoms with Crippen LogP contribution in [0.15, 0.2) is 41.2 Å². The van der Waals surface area contributed by atoms with Crippen molar-refractivity contribution in [3.05, 3.63) is 58.0 Å². The lowest BCUT2D eigenvalue weighted by atomic mass is 10.1. The number of methoxy groups -OCH3 is 1. The summed E-state index contributed by atoms with van der Waals surface area (Å²) in [5.74, 6) is -0.550. The maximum absolute atomic E-state index is 11.4. The van der Waals surface area contributed by atoms with Gasteiger partial charge in [0.15, 0.2) is 0 Å². The Morgan fingerprint density at radius 1 is 1.45 bits per heavy atom. The van der Waals surface area contributed by atoms with Crippen LogP contribution < -0.4 is 5.32 Å². The minimum atomic E-state index is -0.550. The first-order valence-electron chi connectivity index (χ1n) is 5.73. The van der Waals surface area contributed by atoms with Crippen molar-refractivity contribution in [2.24, 2.45) is 0 Å². The molecule has 20 heavy (non-hydrogen) atoms. The van der Waals surface area contributed by atoms with Crippen LogP contribution in [0.3, 0.4) is 0 Å². The molecule has 0 radical (unpaired) electrons. The van der Waals surface area contributed by atoms with Crippen LogP contribution in [-0.4, -0.2) is 18.0 Å². The minimum absolute atomic E-state index is 0.110. The fourth-order valence-electron chi connectivity index (χ4n) is 1.67. The summed E-state index contributed by atoms with van der Waals surface area (Å²) in [6, 6.07) is 5.75. The van der Waals surface area contributed by atoms with E-state index in [1.54, 1.807) is 6.07 Å². The highest BCUT2D eigenvalue weighted by Crippen LogP contribution is 2.26. The third kappa shape index (κ3) is 2.94. The molecule has 104 valence electrons. The lowest BCUT2D eigenvalue weighted by Gasteiger charge is -2.07. The molecule has 2 rings (SSSR count). The minimum Gasteiger partial charge on any atom is -0.472 e. The second-order valence-electron chi connectivity index (χ2n) is 3.97. The summed E-state index contributed by atoms with van der Waals surface area (Å²) in [4.78, 5) is 21.9.